The van der Waals surface area contributed by atoms with Crippen LogP contribution in [-0.4, -0.2) is 50.9 Å². The Labute approximate surface area is 144 Å². The Morgan fingerprint density at radius 2 is 1.88 bits per heavy atom. The van der Waals surface area contributed by atoms with Crippen LogP contribution in [0.15, 0.2) is 35.2 Å². The molecule has 0 aliphatic carbocycles. The number of nitrogens with one attached hydrogen (secondary N) is 2. The Balaban J connectivity index is 1.80. The lowest BCUT2D eigenvalue weighted by molar-refractivity contribution is -0.123. The number of carbonyl (C=O) groups is 1. The third kappa shape index (κ3) is 5.58. The molecule has 1 aliphatic heterocycles. The number of hydrogen-bond acceptors (Lipinski definition) is 4. The van der Waals surface area contributed by atoms with Crippen molar-refractivity contribution in [2.75, 3.05) is 19.6 Å². The van der Waals surface area contributed by atoms with E-state index in [1.165, 1.54) is 0 Å². The maximum absolute atomic E-state index is 12.3. The maximum Gasteiger partial charge on any atom is 0.240 e. The van der Waals surface area contributed by atoms with Gasteiger partial charge in [-0.15, -0.1) is 0 Å². The lowest BCUT2D eigenvalue weighted by Gasteiger charge is -2.31. The predicted molar refractivity (Wildman–Crippen MR) is 94.1 cm³/mol. The highest BCUT2D eigenvalue weighted by molar-refractivity contribution is 7.89. The van der Waals surface area contributed by atoms with Gasteiger partial charge in [-0.2, -0.15) is 0 Å². The monoisotopic (exact) mass is 353 g/mol. The molecule has 1 aliphatic rings. The van der Waals surface area contributed by atoms with Gasteiger partial charge in [0.1, 0.15) is 0 Å². The first-order valence-electron chi connectivity index (χ1n) is 8.50. The quantitative estimate of drug-likeness (QED) is 0.775. The Kier molecular flexibility index (Phi) is 6.77. The minimum absolute atomic E-state index is 0.0349. The zero-order chi connectivity index (χ0) is 17.6. The number of sulfonamides is 1. The second-order valence-corrected chi connectivity index (χ2v) is 8.08. The third-order valence-corrected chi connectivity index (χ3v) is 5.89. The molecule has 0 radical (unpaired) electrons. The highest BCUT2D eigenvalue weighted by Crippen LogP contribution is 2.14. The van der Waals surface area contributed by atoms with Gasteiger partial charge in [-0.25, -0.2) is 13.1 Å². The summed E-state index contributed by atoms with van der Waals surface area (Å²) in [5.74, 6) is 0.0349. The molecular weight excluding hydrogens is 326 g/mol. The number of carbonyl (C=O) groups excluding carboxylic acids is 1. The Hall–Kier alpha value is -1.44. The molecule has 0 saturated carbocycles. The van der Waals surface area contributed by atoms with Gasteiger partial charge in [0.25, 0.3) is 0 Å². The molecular formula is C17H27N3O3S. The molecule has 1 amide bonds. The molecule has 2 rings (SSSR count). The zero-order valence-corrected chi connectivity index (χ0v) is 15.2. The molecule has 6 nitrogen and oxygen atoms in total. The van der Waals surface area contributed by atoms with Crippen molar-refractivity contribution in [1.29, 1.82) is 0 Å². The van der Waals surface area contributed by atoms with Crippen LogP contribution in [0.1, 0.15) is 33.1 Å². The third-order valence-electron chi connectivity index (χ3n) is 4.35. The van der Waals surface area contributed by atoms with Crippen LogP contribution in [0.3, 0.4) is 0 Å². The van der Waals surface area contributed by atoms with Gasteiger partial charge in [-0.1, -0.05) is 25.1 Å². The highest BCUT2D eigenvalue weighted by atomic mass is 32.2. The molecule has 2 N–H and O–H groups in total. The van der Waals surface area contributed by atoms with E-state index in [-0.39, 0.29) is 18.0 Å². The van der Waals surface area contributed by atoms with Crippen LogP contribution < -0.4 is 10.0 Å². The van der Waals surface area contributed by atoms with Gasteiger partial charge in [0.15, 0.2) is 0 Å². The molecule has 0 aromatic heterocycles. The van der Waals surface area contributed by atoms with E-state index in [9.17, 15) is 13.2 Å². The van der Waals surface area contributed by atoms with Gasteiger partial charge >= 0.3 is 0 Å². The van der Waals surface area contributed by atoms with E-state index < -0.39 is 10.0 Å². The van der Waals surface area contributed by atoms with Crippen LogP contribution in [-0.2, 0) is 14.8 Å². The summed E-state index contributed by atoms with van der Waals surface area (Å²) >= 11 is 0. The Morgan fingerprint density at radius 1 is 1.25 bits per heavy atom. The fourth-order valence-corrected chi connectivity index (χ4v) is 4.05. The van der Waals surface area contributed by atoms with Crippen molar-refractivity contribution in [2.24, 2.45) is 0 Å². The number of hydrogen-bond donors (Lipinski definition) is 2. The van der Waals surface area contributed by atoms with Gasteiger partial charge in [0.05, 0.1) is 11.4 Å². The van der Waals surface area contributed by atoms with E-state index in [4.69, 9.17) is 0 Å². The topological polar surface area (TPSA) is 78.5 Å². The normalized spacial score (nSPS) is 18.2. The average molecular weight is 353 g/mol. The number of benzene rings is 1. The Bertz CT molecular complexity index is 626. The molecule has 24 heavy (non-hydrogen) atoms. The molecule has 7 heteroatoms. The minimum Gasteiger partial charge on any atom is -0.353 e. The van der Waals surface area contributed by atoms with Crippen molar-refractivity contribution in [3.8, 4) is 0 Å². The molecule has 1 atom stereocenters. The maximum atomic E-state index is 12.3. The molecule has 0 unspecified atom stereocenters. The van der Waals surface area contributed by atoms with E-state index in [1.807, 2.05) is 13.8 Å². The summed E-state index contributed by atoms with van der Waals surface area (Å²) in [7, 11) is -3.47. The van der Waals surface area contributed by atoms with Crippen LogP contribution in [0.25, 0.3) is 0 Å². The van der Waals surface area contributed by atoms with Crippen molar-refractivity contribution in [3.05, 3.63) is 30.3 Å². The summed E-state index contributed by atoms with van der Waals surface area (Å²) in [6.45, 7) is 5.84. The van der Waals surface area contributed by atoms with Crippen molar-refractivity contribution in [3.63, 3.8) is 0 Å². The van der Waals surface area contributed by atoms with Gasteiger partial charge in [-0.3, -0.25) is 9.69 Å². The van der Waals surface area contributed by atoms with Crippen LogP contribution in [0.5, 0.6) is 0 Å². The zero-order valence-electron chi connectivity index (χ0n) is 14.4. The van der Waals surface area contributed by atoms with E-state index >= 15 is 0 Å². The first-order valence-corrected chi connectivity index (χ1v) is 9.98. The van der Waals surface area contributed by atoms with Crippen molar-refractivity contribution < 1.29 is 13.2 Å². The largest absolute Gasteiger partial charge is 0.353 e. The number of likely N-dealkylation sites (tertiary alicyclic amines) is 1. The molecule has 1 heterocycles. The number of piperidine rings is 1. The lowest BCUT2D eigenvalue weighted by atomic mass is 10.1. The summed E-state index contributed by atoms with van der Waals surface area (Å²) in [5.41, 5.74) is 0. The van der Waals surface area contributed by atoms with Crippen LogP contribution in [0.4, 0.5) is 0 Å². The predicted octanol–water partition coefficient (Wildman–Crippen LogP) is 1.34. The SMILES string of the molecule is CC[C@@H](C)NC(=O)CN1CCC(NS(=O)(=O)c2ccccc2)CC1. The summed E-state index contributed by atoms with van der Waals surface area (Å²) < 4.78 is 27.4. The summed E-state index contributed by atoms with van der Waals surface area (Å²) in [5, 5.41) is 2.96. The van der Waals surface area contributed by atoms with E-state index in [2.05, 4.69) is 14.9 Å². The molecule has 134 valence electrons. The van der Waals surface area contributed by atoms with Crippen LogP contribution in [0.2, 0.25) is 0 Å². The first-order chi connectivity index (χ1) is 11.4. The molecule has 1 fully saturated rings. The van der Waals surface area contributed by atoms with Gasteiger partial charge < -0.3 is 5.32 Å². The van der Waals surface area contributed by atoms with Crippen molar-refractivity contribution in [2.45, 2.75) is 50.1 Å². The number of rotatable bonds is 7. The molecule has 1 aromatic rings. The number of amides is 1. The standard InChI is InChI=1S/C17H27N3O3S/c1-3-14(2)18-17(21)13-20-11-9-15(10-12-20)19-24(22,23)16-7-5-4-6-8-16/h4-8,14-15,19H,3,9-13H2,1-2H3,(H,18,21)/t14-/m1/s1. The molecule has 0 spiro atoms. The van der Waals surface area contributed by atoms with E-state index in [1.54, 1.807) is 30.3 Å². The summed E-state index contributed by atoms with van der Waals surface area (Å²) in [6, 6.07) is 8.52. The molecule has 1 aromatic carbocycles. The first kappa shape index (κ1) is 18.9. The number of nitrogens with zero attached hydrogens (tertiary/aromatic N) is 1. The fourth-order valence-electron chi connectivity index (χ4n) is 2.72. The van der Waals surface area contributed by atoms with Crippen molar-refractivity contribution in [1.82, 2.24) is 14.9 Å². The second-order valence-electron chi connectivity index (χ2n) is 6.36. The van der Waals surface area contributed by atoms with Gasteiger partial charge in [0.2, 0.25) is 15.9 Å². The molecule has 0 bridgehead atoms. The van der Waals surface area contributed by atoms with Gasteiger partial charge in [0, 0.05) is 25.2 Å². The van der Waals surface area contributed by atoms with E-state index in [0.29, 0.717) is 24.3 Å². The highest BCUT2D eigenvalue weighted by Gasteiger charge is 2.25. The van der Waals surface area contributed by atoms with Gasteiger partial charge in [-0.05, 0) is 38.3 Å². The van der Waals surface area contributed by atoms with Crippen molar-refractivity contribution >= 4 is 15.9 Å². The van der Waals surface area contributed by atoms with E-state index in [0.717, 1.165) is 19.5 Å². The smallest absolute Gasteiger partial charge is 0.240 e. The Morgan fingerprint density at radius 3 is 2.46 bits per heavy atom. The fraction of sp³-hybridized carbons (Fsp3) is 0.588. The average Bonchev–Trinajstić information content (AvgIpc) is 2.57. The summed E-state index contributed by atoms with van der Waals surface area (Å²) in [4.78, 5) is 14.3. The lowest BCUT2D eigenvalue weighted by Crippen LogP contribution is -2.48. The second kappa shape index (κ2) is 8.60. The summed E-state index contributed by atoms with van der Waals surface area (Å²) in [6.07, 6.45) is 2.33. The van der Waals surface area contributed by atoms with Crippen LogP contribution in [0, 0.1) is 0 Å². The van der Waals surface area contributed by atoms with Crippen LogP contribution >= 0.6 is 0 Å². The minimum atomic E-state index is -3.47. The molecule has 1 saturated heterocycles.